The highest BCUT2D eigenvalue weighted by Gasteiger charge is 2.20. The lowest BCUT2D eigenvalue weighted by Gasteiger charge is -2.24. The van der Waals surface area contributed by atoms with Gasteiger partial charge in [-0.15, -0.1) is 0 Å². The quantitative estimate of drug-likeness (QED) is 0.580. The molecular weight excluding hydrogens is 384 g/mol. The van der Waals surface area contributed by atoms with E-state index in [0.717, 1.165) is 5.56 Å². The molecular formula is C23H24N2O5. The Morgan fingerprint density at radius 2 is 1.87 bits per heavy atom. The Hall–Kier alpha value is -3.58. The van der Waals surface area contributed by atoms with E-state index in [1.165, 1.54) is 6.92 Å². The summed E-state index contributed by atoms with van der Waals surface area (Å²) < 4.78 is 16.9. The molecule has 2 aromatic carbocycles. The van der Waals surface area contributed by atoms with Crippen molar-refractivity contribution in [3.05, 3.63) is 72.4 Å². The number of aromatic nitrogens is 1. The molecule has 3 aromatic rings. The molecule has 0 saturated carbocycles. The smallest absolute Gasteiger partial charge is 0.243 e. The molecule has 0 saturated heterocycles. The minimum atomic E-state index is -0.183. The minimum absolute atomic E-state index is 0.112. The van der Waals surface area contributed by atoms with Gasteiger partial charge in [0.2, 0.25) is 11.8 Å². The van der Waals surface area contributed by atoms with Crippen LogP contribution in [0, 0.1) is 0 Å². The summed E-state index contributed by atoms with van der Waals surface area (Å²) in [7, 11) is 1.57. The number of nitrogens with zero attached hydrogens (tertiary/aromatic N) is 2. The summed E-state index contributed by atoms with van der Waals surface area (Å²) in [6.45, 7) is 1.73. The number of hydrogen-bond donors (Lipinski definition) is 1. The number of aliphatic hydroxyl groups is 1. The van der Waals surface area contributed by atoms with E-state index in [1.807, 2.05) is 30.3 Å². The Balaban J connectivity index is 1.95. The third-order valence-electron chi connectivity index (χ3n) is 4.32. The normalized spacial score (nSPS) is 10.4. The Kier molecular flexibility index (Phi) is 7.24. The van der Waals surface area contributed by atoms with Crippen molar-refractivity contribution in [2.24, 2.45) is 0 Å². The maximum absolute atomic E-state index is 12.6. The maximum atomic E-state index is 12.6. The molecule has 1 amide bonds. The highest BCUT2D eigenvalue weighted by molar-refractivity contribution is 5.92. The van der Waals surface area contributed by atoms with E-state index in [0.29, 0.717) is 28.8 Å². The molecule has 30 heavy (non-hydrogen) atoms. The molecule has 0 fully saturated rings. The van der Waals surface area contributed by atoms with Gasteiger partial charge in [0, 0.05) is 18.7 Å². The SMILES string of the molecule is COc1ccc(OCCO)c(CN(C(C)=O)c2cccnc2Oc2ccccc2)c1. The average molecular weight is 408 g/mol. The second-order valence-corrected chi connectivity index (χ2v) is 6.39. The lowest BCUT2D eigenvalue weighted by Crippen LogP contribution is -2.28. The highest BCUT2D eigenvalue weighted by Crippen LogP contribution is 2.33. The lowest BCUT2D eigenvalue weighted by atomic mass is 10.1. The Morgan fingerprint density at radius 3 is 2.57 bits per heavy atom. The first-order valence-corrected chi connectivity index (χ1v) is 9.49. The van der Waals surface area contributed by atoms with Gasteiger partial charge in [-0.2, -0.15) is 0 Å². The summed E-state index contributed by atoms with van der Waals surface area (Å²) in [5.74, 6) is 1.95. The average Bonchev–Trinajstić information content (AvgIpc) is 2.77. The number of pyridine rings is 1. The van der Waals surface area contributed by atoms with Gasteiger partial charge in [0.1, 0.15) is 29.5 Å². The number of anilines is 1. The molecule has 0 radical (unpaired) electrons. The number of rotatable bonds is 9. The highest BCUT2D eigenvalue weighted by atomic mass is 16.5. The molecule has 3 rings (SSSR count). The number of benzene rings is 2. The molecule has 1 N–H and O–H groups in total. The van der Waals surface area contributed by atoms with Crippen molar-refractivity contribution in [3.8, 4) is 23.1 Å². The van der Waals surface area contributed by atoms with Crippen molar-refractivity contribution in [2.45, 2.75) is 13.5 Å². The molecule has 0 unspecified atom stereocenters. The molecule has 7 nitrogen and oxygen atoms in total. The standard InChI is InChI=1S/C23H24N2O5/c1-17(27)25(16-18-15-20(28-2)10-11-22(18)29-14-13-26)21-9-6-12-24-23(21)30-19-7-4-3-5-8-19/h3-12,15,26H,13-14,16H2,1-2H3. The third-order valence-corrected chi connectivity index (χ3v) is 4.32. The van der Waals surface area contributed by atoms with Crippen molar-refractivity contribution in [3.63, 3.8) is 0 Å². The Bertz CT molecular complexity index is 978. The maximum Gasteiger partial charge on any atom is 0.243 e. The number of carbonyl (C=O) groups is 1. The van der Waals surface area contributed by atoms with E-state index in [9.17, 15) is 4.79 Å². The number of para-hydroxylation sites is 1. The van der Waals surface area contributed by atoms with Gasteiger partial charge in [-0.3, -0.25) is 4.79 Å². The monoisotopic (exact) mass is 408 g/mol. The van der Waals surface area contributed by atoms with Crippen LogP contribution in [0.3, 0.4) is 0 Å². The minimum Gasteiger partial charge on any atom is -0.497 e. The van der Waals surface area contributed by atoms with Gasteiger partial charge in [-0.1, -0.05) is 18.2 Å². The van der Waals surface area contributed by atoms with Crippen LogP contribution in [0.2, 0.25) is 0 Å². The second-order valence-electron chi connectivity index (χ2n) is 6.39. The van der Waals surface area contributed by atoms with Crippen LogP contribution in [-0.4, -0.2) is 36.3 Å². The summed E-state index contributed by atoms with van der Waals surface area (Å²) in [5.41, 5.74) is 1.26. The number of ether oxygens (including phenoxy) is 3. The number of hydrogen-bond acceptors (Lipinski definition) is 6. The topological polar surface area (TPSA) is 81.1 Å². The zero-order chi connectivity index (χ0) is 21.3. The lowest BCUT2D eigenvalue weighted by molar-refractivity contribution is -0.116. The van der Waals surface area contributed by atoms with E-state index in [1.54, 1.807) is 48.5 Å². The van der Waals surface area contributed by atoms with Crippen LogP contribution in [0.4, 0.5) is 5.69 Å². The van der Waals surface area contributed by atoms with Crippen molar-refractivity contribution >= 4 is 11.6 Å². The Morgan fingerprint density at radius 1 is 1.07 bits per heavy atom. The summed E-state index contributed by atoms with van der Waals surface area (Å²) in [6.07, 6.45) is 1.61. The van der Waals surface area contributed by atoms with Crippen LogP contribution in [0.1, 0.15) is 12.5 Å². The van der Waals surface area contributed by atoms with Gasteiger partial charge in [0.15, 0.2) is 0 Å². The van der Waals surface area contributed by atoms with Crippen molar-refractivity contribution in [1.82, 2.24) is 4.98 Å². The molecule has 0 atom stereocenters. The molecule has 0 aliphatic rings. The van der Waals surface area contributed by atoms with Gasteiger partial charge >= 0.3 is 0 Å². The van der Waals surface area contributed by atoms with Crippen LogP contribution in [-0.2, 0) is 11.3 Å². The van der Waals surface area contributed by atoms with Gasteiger partial charge in [0.05, 0.1) is 20.3 Å². The first-order chi connectivity index (χ1) is 14.6. The summed E-state index contributed by atoms with van der Waals surface area (Å²) >= 11 is 0. The number of carbonyl (C=O) groups excluding carboxylic acids is 1. The van der Waals surface area contributed by atoms with Gasteiger partial charge in [-0.25, -0.2) is 4.98 Å². The van der Waals surface area contributed by atoms with E-state index >= 15 is 0 Å². The predicted molar refractivity (Wildman–Crippen MR) is 113 cm³/mol. The Labute approximate surface area is 175 Å². The van der Waals surface area contributed by atoms with Crippen LogP contribution >= 0.6 is 0 Å². The van der Waals surface area contributed by atoms with Crippen molar-refractivity contribution < 1.29 is 24.1 Å². The predicted octanol–water partition coefficient (Wildman–Crippen LogP) is 3.81. The third kappa shape index (κ3) is 5.27. The fourth-order valence-corrected chi connectivity index (χ4v) is 2.91. The fraction of sp³-hybridized carbons (Fsp3) is 0.217. The first-order valence-electron chi connectivity index (χ1n) is 9.49. The van der Waals surface area contributed by atoms with E-state index in [4.69, 9.17) is 19.3 Å². The van der Waals surface area contributed by atoms with Crippen molar-refractivity contribution in [1.29, 1.82) is 0 Å². The molecule has 0 spiro atoms. The van der Waals surface area contributed by atoms with Crippen LogP contribution in [0.15, 0.2) is 66.9 Å². The zero-order valence-electron chi connectivity index (χ0n) is 16.9. The largest absolute Gasteiger partial charge is 0.497 e. The molecule has 0 aliphatic carbocycles. The van der Waals surface area contributed by atoms with Crippen LogP contribution in [0.25, 0.3) is 0 Å². The number of aliphatic hydroxyl groups excluding tert-OH is 1. The zero-order valence-corrected chi connectivity index (χ0v) is 16.9. The summed E-state index contributed by atoms with van der Waals surface area (Å²) in [4.78, 5) is 18.4. The van der Waals surface area contributed by atoms with E-state index in [-0.39, 0.29) is 25.7 Å². The fourth-order valence-electron chi connectivity index (χ4n) is 2.91. The van der Waals surface area contributed by atoms with Crippen LogP contribution in [0.5, 0.6) is 23.1 Å². The van der Waals surface area contributed by atoms with Gasteiger partial charge < -0.3 is 24.2 Å². The molecule has 1 aromatic heterocycles. The second kappa shape index (κ2) is 10.3. The molecule has 0 aliphatic heterocycles. The number of methoxy groups -OCH3 is 1. The van der Waals surface area contributed by atoms with Crippen molar-refractivity contribution in [2.75, 3.05) is 25.2 Å². The van der Waals surface area contributed by atoms with Gasteiger partial charge in [-0.05, 0) is 42.5 Å². The molecule has 156 valence electrons. The van der Waals surface area contributed by atoms with Crippen LogP contribution < -0.4 is 19.1 Å². The van der Waals surface area contributed by atoms with Gasteiger partial charge in [0.25, 0.3) is 0 Å². The van der Waals surface area contributed by atoms with E-state index < -0.39 is 0 Å². The molecule has 7 heteroatoms. The molecule has 0 bridgehead atoms. The molecule has 1 heterocycles. The summed E-state index contributed by atoms with van der Waals surface area (Å²) in [5, 5.41) is 9.10. The number of amides is 1. The first kappa shape index (κ1) is 21.1. The summed E-state index contributed by atoms with van der Waals surface area (Å²) in [6, 6.07) is 18.1. The van der Waals surface area contributed by atoms with E-state index in [2.05, 4.69) is 4.98 Å².